The van der Waals surface area contributed by atoms with Crippen molar-refractivity contribution in [1.29, 1.82) is 0 Å². The molecule has 1 fully saturated rings. The van der Waals surface area contributed by atoms with Crippen LogP contribution in [0.2, 0.25) is 0 Å². The predicted octanol–water partition coefficient (Wildman–Crippen LogP) is 3.32. The third-order valence-corrected chi connectivity index (χ3v) is 4.20. The van der Waals surface area contributed by atoms with Gasteiger partial charge in [0.15, 0.2) is 0 Å². The molecule has 0 radical (unpaired) electrons. The number of benzene rings is 2. The molecule has 2 N–H and O–H groups in total. The maximum atomic E-state index is 13.3. The highest BCUT2D eigenvalue weighted by Crippen LogP contribution is 2.22. The summed E-state index contributed by atoms with van der Waals surface area (Å²) in [5.74, 6) is -0.529. The SMILES string of the molecule is CCc1ccc(NC(=O)N[C@H]2CC(=O)N(c3cccc(F)c3)C2)cc1. The second-order valence-corrected chi connectivity index (χ2v) is 6.03. The maximum Gasteiger partial charge on any atom is 0.319 e. The Morgan fingerprint density at radius 2 is 2.00 bits per heavy atom. The molecule has 5 nitrogen and oxygen atoms in total. The Bertz CT molecular complexity index is 776. The van der Waals surface area contributed by atoms with Gasteiger partial charge in [-0.15, -0.1) is 0 Å². The lowest BCUT2D eigenvalue weighted by Gasteiger charge is -2.17. The summed E-state index contributed by atoms with van der Waals surface area (Å²) < 4.78 is 13.3. The summed E-state index contributed by atoms with van der Waals surface area (Å²) in [4.78, 5) is 25.7. The van der Waals surface area contributed by atoms with E-state index >= 15 is 0 Å². The van der Waals surface area contributed by atoms with Crippen molar-refractivity contribution in [3.05, 3.63) is 59.9 Å². The van der Waals surface area contributed by atoms with Gasteiger partial charge in [0, 0.05) is 24.3 Å². The van der Waals surface area contributed by atoms with Crippen LogP contribution in [0, 0.1) is 5.82 Å². The molecule has 0 aliphatic carbocycles. The van der Waals surface area contributed by atoms with E-state index in [0.29, 0.717) is 17.9 Å². The van der Waals surface area contributed by atoms with Crippen molar-refractivity contribution >= 4 is 23.3 Å². The molecule has 3 rings (SSSR count). The minimum Gasteiger partial charge on any atom is -0.333 e. The molecule has 0 unspecified atom stereocenters. The van der Waals surface area contributed by atoms with Crippen LogP contribution in [0.4, 0.5) is 20.6 Å². The van der Waals surface area contributed by atoms with Crippen LogP contribution in [0.25, 0.3) is 0 Å². The molecule has 0 saturated carbocycles. The molecule has 0 bridgehead atoms. The molecule has 1 saturated heterocycles. The van der Waals surface area contributed by atoms with Gasteiger partial charge < -0.3 is 15.5 Å². The fourth-order valence-electron chi connectivity index (χ4n) is 2.87. The van der Waals surface area contributed by atoms with E-state index in [1.54, 1.807) is 12.1 Å². The highest BCUT2D eigenvalue weighted by atomic mass is 19.1. The van der Waals surface area contributed by atoms with Gasteiger partial charge in [-0.25, -0.2) is 9.18 Å². The second kappa shape index (κ2) is 7.34. The van der Waals surface area contributed by atoms with Crippen LogP contribution in [0.15, 0.2) is 48.5 Å². The van der Waals surface area contributed by atoms with Gasteiger partial charge in [0.1, 0.15) is 5.82 Å². The molecule has 1 aliphatic heterocycles. The topological polar surface area (TPSA) is 61.4 Å². The number of carbonyl (C=O) groups is 2. The Balaban J connectivity index is 1.58. The van der Waals surface area contributed by atoms with Crippen molar-refractivity contribution in [1.82, 2.24) is 5.32 Å². The number of anilines is 2. The minimum absolute atomic E-state index is 0.136. The van der Waals surface area contributed by atoms with Gasteiger partial charge in [0.2, 0.25) is 5.91 Å². The number of hydrogen-bond donors (Lipinski definition) is 2. The zero-order valence-electron chi connectivity index (χ0n) is 14.0. The lowest BCUT2D eigenvalue weighted by atomic mass is 10.1. The standard InChI is InChI=1S/C19H20FN3O2/c1-2-13-6-8-15(9-7-13)21-19(25)22-16-11-18(24)23(12-16)17-5-3-4-14(20)10-17/h3-10,16H,2,11-12H2,1H3,(H2,21,22,25)/t16-/m0/s1. The fraction of sp³-hybridized carbons (Fsp3) is 0.263. The van der Waals surface area contributed by atoms with E-state index in [0.717, 1.165) is 6.42 Å². The first-order valence-corrected chi connectivity index (χ1v) is 8.27. The first-order chi connectivity index (χ1) is 12.0. The van der Waals surface area contributed by atoms with E-state index in [4.69, 9.17) is 0 Å². The molecule has 6 heteroatoms. The summed E-state index contributed by atoms with van der Waals surface area (Å²) in [6, 6.07) is 12.8. The molecule has 0 spiro atoms. The third kappa shape index (κ3) is 4.15. The van der Waals surface area contributed by atoms with Gasteiger partial charge in [-0.05, 0) is 42.3 Å². The smallest absolute Gasteiger partial charge is 0.319 e. The lowest BCUT2D eigenvalue weighted by Crippen LogP contribution is -2.39. The first-order valence-electron chi connectivity index (χ1n) is 8.27. The maximum absolute atomic E-state index is 13.3. The summed E-state index contributed by atoms with van der Waals surface area (Å²) in [7, 11) is 0. The van der Waals surface area contributed by atoms with Crippen LogP contribution in [0.3, 0.4) is 0 Å². The van der Waals surface area contributed by atoms with E-state index in [1.807, 2.05) is 24.3 Å². The normalized spacial score (nSPS) is 16.8. The van der Waals surface area contributed by atoms with Gasteiger partial charge in [-0.1, -0.05) is 25.1 Å². The second-order valence-electron chi connectivity index (χ2n) is 6.03. The number of urea groups is 1. The number of carbonyl (C=O) groups excluding carboxylic acids is 2. The van der Waals surface area contributed by atoms with E-state index in [1.165, 1.54) is 22.6 Å². The van der Waals surface area contributed by atoms with E-state index < -0.39 is 5.82 Å². The van der Waals surface area contributed by atoms with E-state index in [2.05, 4.69) is 17.6 Å². The summed E-state index contributed by atoms with van der Waals surface area (Å²) in [6.45, 7) is 2.39. The molecule has 0 aromatic heterocycles. The highest BCUT2D eigenvalue weighted by molar-refractivity contribution is 5.97. The van der Waals surface area contributed by atoms with Crippen molar-refractivity contribution in [3.8, 4) is 0 Å². The molecule has 2 aromatic rings. The summed E-state index contributed by atoms with van der Waals surface area (Å²) in [5.41, 5.74) is 2.39. The van der Waals surface area contributed by atoms with Crippen molar-refractivity contribution < 1.29 is 14.0 Å². The quantitative estimate of drug-likeness (QED) is 0.896. The van der Waals surface area contributed by atoms with Gasteiger partial charge in [-0.2, -0.15) is 0 Å². The Morgan fingerprint density at radius 3 is 2.68 bits per heavy atom. The van der Waals surface area contributed by atoms with Crippen LogP contribution in [0.5, 0.6) is 0 Å². The molecule has 130 valence electrons. The average molecular weight is 341 g/mol. The lowest BCUT2D eigenvalue weighted by molar-refractivity contribution is -0.117. The molecule has 1 heterocycles. The van der Waals surface area contributed by atoms with Crippen LogP contribution in [0.1, 0.15) is 18.9 Å². The van der Waals surface area contributed by atoms with Crippen LogP contribution < -0.4 is 15.5 Å². The summed E-state index contributed by atoms with van der Waals surface area (Å²) in [5, 5.41) is 5.55. The van der Waals surface area contributed by atoms with Crippen molar-refractivity contribution in [2.75, 3.05) is 16.8 Å². The first kappa shape index (κ1) is 17.0. The molecule has 3 amide bonds. The van der Waals surface area contributed by atoms with Gasteiger partial charge in [0.05, 0.1) is 6.04 Å². The van der Waals surface area contributed by atoms with Gasteiger partial charge in [0.25, 0.3) is 0 Å². The van der Waals surface area contributed by atoms with Crippen molar-refractivity contribution in [2.24, 2.45) is 0 Å². The van der Waals surface area contributed by atoms with Gasteiger partial charge in [-0.3, -0.25) is 4.79 Å². The molecule has 2 aromatic carbocycles. The molecule has 1 aliphatic rings. The number of nitrogens with zero attached hydrogens (tertiary/aromatic N) is 1. The largest absolute Gasteiger partial charge is 0.333 e. The number of hydrogen-bond acceptors (Lipinski definition) is 2. The van der Waals surface area contributed by atoms with Crippen LogP contribution >= 0.6 is 0 Å². The van der Waals surface area contributed by atoms with Crippen LogP contribution in [-0.4, -0.2) is 24.5 Å². The highest BCUT2D eigenvalue weighted by Gasteiger charge is 2.31. The van der Waals surface area contributed by atoms with Crippen molar-refractivity contribution in [3.63, 3.8) is 0 Å². The minimum atomic E-state index is -0.394. The van der Waals surface area contributed by atoms with Crippen LogP contribution in [-0.2, 0) is 11.2 Å². The zero-order chi connectivity index (χ0) is 17.8. The average Bonchev–Trinajstić information content (AvgIpc) is 2.95. The summed E-state index contributed by atoms with van der Waals surface area (Å²) >= 11 is 0. The third-order valence-electron chi connectivity index (χ3n) is 4.20. The number of rotatable bonds is 4. The predicted molar refractivity (Wildman–Crippen MR) is 95.1 cm³/mol. The fourth-order valence-corrected chi connectivity index (χ4v) is 2.87. The Kier molecular flexibility index (Phi) is 4.97. The Hall–Kier alpha value is -2.89. The number of aryl methyl sites for hydroxylation is 1. The Labute approximate surface area is 145 Å². The number of nitrogens with one attached hydrogen (secondary N) is 2. The molecule has 25 heavy (non-hydrogen) atoms. The molecular formula is C19H20FN3O2. The summed E-state index contributed by atoms with van der Waals surface area (Å²) in [6.07, 6.45) is 1.13. The zero-order valence-corrected chi connectivity index (χ0v) is 14.0. The van der Waals surface area contributed by atoms with E-state index in [9.17, 15) is 14.0 Å². The molecular weight excluding hydrogens is 321 g/mol. The van der Waals surface area contributed by atoms with Crippen molar-refractivity contribution in [2.45, 2.75) is 25.8 Å². The number of amides is 3. The van der Waals surface area contributed by atoms with Gasteiger partial charge >= 0.3 is 6.03 Å². The number of halogens is 1. The molecule has 1 atom stereocenters. The Morgan fingerprint density at radius 1 is 1.24 bits per heavy atom. The van der Waals surface area contributed by atoms with E-state index in [-0.39, 0.29) is 24.4 Å². The monoisotopic (exact) mass is 341 g/mol.